The number of carbonyl (C=O) groups is 1. The fourth-order valence-corrected chi connectivity index (χ4v) is 3.35. The molecular formula is C24H25N5O2. The Kier molecular flexibility index (Phi) is 6.12. The van der Waals surface area contributed by atoms with Gasteiger partial charge in [0.1, 0.15) is 5.75 Å². The number of amides is 1. The van der Waals surface area contributed by atoms with Crippen molar-refractivity contribution in [3.8, 4) is 5.75 Å². The van der Waals surface area contributed by atoms with Crippen molar-refractivity contribution in [2.45, 2.75) is 33.5 Å². The van der Waals surface area contributed by atoms with Crippen LogP contribution in [-0.2, 0) is 19.7 Å². The number of rotatable bonds is 8. The smallest absolute Gasteiger partial charge is 0.276 e. The first-order valence-corrected chi connectivity index (χ1v) is 10.2. The molecule has 4 aromatic rings. The molecule has 2 heterocycles. The highest BCUT2D eigenvalue weighted by Gasteiger charge is 2.11. The fourth-order valence-electron chi connectivity index (χ4n) is 3.35. The van der Waals surface area contributed by atoms with E-state index in [9.17, 15) is 4.79 Å². The minimum Gasteiger partial charge on any atom is -0.471 e. The molecule has 0 aliphatic rings. The van der Waals surface area contributed by atoms with Gasteiger partial charge in [0.25, 0.3) is 5.91 Å². The Hall–Kier alpha value is -3.87. The van der Waals surface area contributed by atoms with Gasteiger partial charge in [-0.3, -0.25) is 9.48 Å². The molecule has 0 fully saturated rings. The highest BCUT2D eigenvalue weighted by molar-refractivity contribution is 6.02. The summed E-state index contributed by atoms with van der Waals surface area (Å²) in [5.74, 6) is 0.495. The van der Waals surface area contributed by atoms with Crippen LogP contribution in [0.2, 0.25) is 0 Å². The van der Waals surface area contributed by atoms with E-state index < -0.39 is 0 Å². The summed E-state index contributed by atoms with van der Waals surface area (Å²) in [7, 11) is 0. The van der Waals surface area contributed by atoms with Crippen LogP contribution in [0.15, 0.2) is 73.2 Å². The van der Waals surface area contributed by atoms with Gasteiger partial charge in [-0.25, -0.2) is 4.68 Å². The van der Waals surface area contributed by atoms with Crippen molar-refractivity contribution in [3.63, 3.8) is 0 Å². The van der Waals surface area contributed by atoms with Crippen molar-refractivity contribution in [1.29, 1.82) is 0 Å². The van der Waals surface area contributed by atoms with Crippen LogP contribution in [0.1, 0.15) is 27.2 Å². The predicted octanol–water partition coefficient (Wildman–Crippen LogP) is 4.23. The van der Waals surface area contributed by atoms with E-state index in [2.05, 4.69) is 33.7 Å². The molecule has 0 bridgehead atoms. The third kappa shape index (κ3) is 5.60. The Bertz CT molecular complexity index is 1140. The number of nitrogens with one attached hydrogen (secondary N) is 1. The van der Waals surface area contributed by atoms with E-state index in [1.165, 1.54) is 5.56 Å². The highest BCUT2D eigenvalue weighted by Crippen LogP contribution is 2.16. The van der Waals surface area contributed by atoms with Gasteiger partial charge in [0.2, 0.25) is 0 Å². The van der Waals surface area contributed by atoms with Gasteiger partial charge in [0.05, 0.1) is 11.9 Å². The van der Waals surface area contributed by atoms with Crippen LogP contribution < -0.4 is 10.1 Å². The fraction of sp³-hybridized carbons (Fsp3) is 0.208. The van der Waals surface area contributed by atoms with Crippen molar-refractivity contribution in [3.05, 3.63) is 95.6 Å². The minimum atomic E-state index is -0.284. The maximum absolute atomic E-state index is 12.5. The number of aryl methyl sites for hydroxylation is 4. The summed E-state index contributed by atoms with van der Waals surface area (Å²) in [4.78, 5) is 12.5. The second-order valence-electron chi connectivity index (χ2n) is 7.52. The molecule has 1 N–H and O–H groups in total. The molecule has 0 radical (unpaired) electrons. The van der Waals surface area contributed by atoms with Gasteiger partial charge in [0, 0.05) is 18.9 Å². The zero-order valence-corrected chi connectivity index (χ0v) is 17.7. The highest BCUT2D eigenvalue weighted by atomic mass is 16.5. The maximum atomic E-state index is 12.5. The summed E-state index contributed by atoms with van der Waals surface area (Å²) in [5, 5.41) is 11.5. The van der Waals surface area contributed by atoms with Crippen LogP contribution >= 0.6 is 0 Å². The lowest BCUT2D eigenvalue weighted by Gasteiger charge is -2.08. The molecule has 0 atom stereocenters. The molecule has 0 spiro atoms. The van der Waals surface area contributed by atoms with Gasteiger partial charge in [-0.05, 0) is 55.2 Å². The lowest BCUT2D eigenvalue weighted by Crippen LogP contribution is -2.14. The van der Waals surface area contributed by atoms with Gasteiger partial charge in [0.15, 0.2) is 12.4 Å². The molecule has 0 saturated heterocycles. The molecule has 158 valence electrons. The van der Waals surface area contributed by atoms with E-state index in [0.717, 1.165) is 29.8 Å². The number of benzene rings is 2. The molecule has 4 rings (SSSR count). The van der Waals surface area contributed by atoms with Crippen molar-refractivity contribution in [1.82, 2.24) is 19.6 Å². The van der Waals surface area contributed by atoms with Gasteiger partial charge in [-0.15, -0.1) is 0 Å². The minimum absolute atomic E-state index is 0.230. The van der Waals surface area contributed by atoms with Crippen molar-refractivity contribution < 1.29 is 9.53 Å². The normalized spacial score (nSPS) is 10.8. The summed E-state index contributed by atoms with van der Waals surface area (Å²) in [6.45, 7) is 5.03. The van der Waals surface area contributed by atoms with E-state index >= 15 is 0 Å². The van der Waals surface area contributed by atoms with Crippen molar-refractivity contribution >= 4 is 11.6 Å². The lowest BCUT2D eigenvalue weighted by atomic mass is 10.1. The number of hydrogen-bond donors (Lipinski definition) is 1. The number of anilines is 1. The van der Waals surface area contributed by atoms with E-state index in [-0.39, 0.29) is 12.6 Å². The largest absolute Gasteiger partial charge is 0.471 e. The average molecular weight is 415 g/mol. The molecule has 2 aromatic carbocycles. The SMILES string of the molecule is Cc1cc(C)cc(OCn2ccc(C(=O)Nc3cnn(CCc4ccccc4)c3)n2)c1. The molecule has 7 heteroatoms. The van der Waals surface area contributed by atoms with Gasteiger partial charge in [-0.2, -0.15) is 10.2 Å². The van der Waals surface area contributed by atoms with Crippen LogP contribution in [0.3, 0.4) is 0 Å². The predicted molar refractivity (Wildman–Crippen MR) is 119 cm³/mol. The molecule has 1 amide bonds. The van der Waals surface area contributed by atoms with Crippen LogP contribution in [-0.4, -0.2) is 25.5 Å². The molecule has 0 aliphatic carbocycles. The Morgan fingerprint density at radius 1 is 1.03 bits per heavy atom. The topological polar surface area (TPSA) is 74.0 Å². The molecule has 7 nitrogen and oxygen atoms in total. The lowest BCUT2D eigenvalue weighted by molar-refractivity contribution is 0.102. The second kappa shape index (κ2) is 9.30. The molecular weight excluding hydrogens is 390 g/mol. The quantitative estimate of drug-likeness (QED) is 0.467. The summed E-state index contributed by atoms with van der Waals surface area (Å²) >= 11 is 0. The molecule has 2 aromatic heterocycles. The third-order valence-electron chi connectivity index (χ3n) is 4.80. The van der Waals surface area contributed by atoms with Crippen molar-refractivity contribution in [2.75, 3.05) is 5.32 Å². The summed E-state index contributed by atoms with van der Waals surface area (Å²) < 4.78 is 9.20. The molecule has 0 aliphatic heterocycles. The number of hydrogen-bond acceptors (Lipinski definition) is 4. The Labute approximate surface area is 181 Å². The van der Waals surface area contributed by atoms with Crippen LogP contribution in [0.4, 0.5) is 5.69 Å². The number of nitrogens with zero attached hydrogens (tertiary/aromatic N) is 4. The molecule has 0 saturated carbocycles. The summed E-state index contributed by atoms with van der Waals surface area (Å²) in [6.07, 6.45) is 6.06. The molecule has 31 heavy (non-hydrogen) atoms. The summed E-state index contributed by atoms with van der Waals surface area (Å²) in [6, 6.07) is 17.9. The van der Waals surface area contributed by atoms with Crippen molar-refractivity contribution in [2.24, 2.45) is 0 Å². The Balaban J connectivity index is 1.30. The monoisotopic (exact) mass is 415 g/mol. The zero-order valence-electron chi connectivity index (χ0n) is 17.7. The zero-order chi connectivity index (χ0) is 21.6. The van der Waals surface area contributed by atoms with Gasteiger partial charge < -0.3 is 10.1 Å². The van der Waals surface area contributed by atoms with E-state index in [1.54, 1.807) is 23.1 Å². The first-order chi connectivity index (χ1) is 15.0. The third-order valence-corrected chi connectivity index (χ3v) is 4.80. The first kappa shape index (κ1) is 20.4. The van der Waals surface area contributed by atoms with E-state index in [1.807, 2.05) is 55.1 Å². The summed E-state index contributed by atoms with van der Waals surface area (Å²) in [5.41, 5.74) is 4.48. The second-order valence-corrected chi connectivity index (χ2v) is 7.52. The van der Waals surface area contributed by atoms with Gasteiger partial charge in [-0.1, -0.05) is 36.4 Å². The Morgan fingerprint density at radius 2 is 1.81 bits per heavy atom. The standard InChI is InChI=1S/C24H25N5O2/c1-18-12-19(2)14-22(13-18)31-17-29-11-9-23(27-29)24(30)26-21-15-25-28(16-21)10-8-20-6-4-3-5-7-20/h3-7,9,11-16H,8,10,17H2,1-2H3,(H,26,30). The van der Waals surface area contributed by atoms with Gasteiger partial charge >= 0.3 is 0 Å². The van der Waals surface area contributed by atoms with E-state index in [0.29, 0.717) is 11.4 Å². The number of carbonyl (C=O) groups excluding carboxylic acids is 1. The van der Waals surface area contributed by atoms with Crippen LogP contribution in [0, 0.1) is 13.8 Å². The number of aromatic nitrogens is 4. The van der Waals surface area contributed by atoms with Crippen LogP contribution in [0.5, 0.6) is 5.75 Å². The first-order valence-electron chi connectivity index (χ1n) is 10.2. The Morgan fingerprint density at radius 3 is 2.58 bits per heavy atom. The molecule has 0 unspecified atom stereocenters. The van der Waals surface area contributed by atoms with E-state index in [4.69, 9.17) is 4.74 Å². The van der Waals surface area contributed by atoms with Crippen LogP contribution in [0.25, 0.3) is 0 Å². The average Bonchev–Trinajstić information content (AvgIpc) is 3.40. The maximum Gasteiger partial charge on any atom is 0.276 e. The number of ether oxygens (including phenoxy) is 1.